The topological polar surface area (TPSA) is 29.1 Å². The van der Waals surface area contributed by atoms with Crippen LogP contribution in [0.25, 0.3) is 0 Å². The first-order chi connectivity index (χ1) is 11.8. The maximum atomic E-state index is 12.9. The number of hydrogen-bond acceptors (Lipinski definition) is 1. The van der Waals surface area contributed by atoms with E-state index in [-0.39, 0.29) is 16.7 Å². The highest BCUT2D eigenvalue weighted by atomic mass is 35.5. The van der Waals surface area contributed by atoms with Crippen LogP contribution in [0.5, 0.6) is 0 Å². The monoisotopic (exact) mass is 370 g/mol. The van der Waals surface area contributed by atoms with Gasteiger partial charge in [0.2, 0.25) is 0 Å². The van der Waals surface area contributed by atoms with Gasteiger partial charge in [-0.3, -0.25) is 4.79 Å². The Morgan fingerprint density at radius 3 is 2.56 bits per heavy atom. The molecule has 135 valence electrons. The molecule has 1 N–H and O–H groups in total. The minimum Gasteiger partial charge on any atom is -0.341 e. The average Bonchev–Trinajstić information content (AvgIpc) is 2.51. The quantitative estimate of drug-likeness (QED) is 0.761. The Balaban J connectivity index is 1.66. The number of halogens is 4. The van der Waals surface area contributed by atoms with E-state index in [0.717, 1.165) is 37.7 Å². The van der Waals surface area contributed by atoms with Crippen molar-refractivity contribution in [2.45, 2.75) is 49.2 Å². The predicted molar refractivity (Wildman–Crippen MR) is 88.8 cm³/mol. The Hall–Kier alpha value is -1.23. The summed E-state index contributed by atoms with van der Waals surface area (Å²) in [7, 11) is 0. The highest BCUT2D eigenvalue weighted by Gasteiger charge is 2.57. The zero-order chi connectivity index (χ0) is 17.8. The van der Waals surface area contributed by atoms with Crippen LogP contribution in [0.15, 0.2) is 30.3 Å². The van der Waals surface area contributed by atoms with Crippen LogP contribution in [-0.2, 0) is 4.79 Å². The fourth-order valence-electron chi connectivity index (χ4n) is 5.45. The van der Waals surface area contributed by atoms with Crippen molar-refractivity contribution in [1.29, 1.82) is 0 Å². The van der Waals surface area contributed by atoms with Gasteiger partial charge >= 0.3 is 12.1 Å². The van der Waals surface area contributed by atoms with E-state index in [9.17, 15) is 18.0 Å². The van der Waals surface area contributed by atoms with Crippen molar-refractivity contribution in [1.82, 2.24) is 5.32 Å². The molecule has 2 nitrogen and oxygen atoms in total. The highest BCUT2D eigenvalue weighted by molar-refractivity contribution is 6.24. The lowest BCUT2D eigenvalue weighted by Gasteiger charge is -2.59. The van der Waals surface area contributed by atoms with Crippen molar-refractivity contribution in [3.8, 4) is 0 Å². The Kier molecular flexibility index (Phi) is 4.06. The second-order valence-electron chi connectivity index (χ2n) is 7.85. The van der Waals surface area contributed by atoms with Crippen molar-refractivity contribution in [3.63, 3.8) is 0 Å². The molecule has 0 spiro atoms. The zero-order valence-corrected chi connectivity index (χ0v) is 14.4. The van der Waals surface area contributed by atoms with E-state index in [1.54, 1.807) is 24.3 Å². The molecule has 1 radical (unpaired) electrons. The molecule has 6 heteroatoms. The molecule has 1 amide bonds. The first-order valence-corrected chi connectivity index (χ1v) is 9.09. The molecular weight excluding hydrogens is 351 g/mol. The molecule has 4 aliphatic rings. The van der Waals surface area contributed by atoms with Gasteiger partial charge in [-0.1, -0.05) is 30.3 Å². The van der Waals surface area contributed by atoms with E-state index >= 15 is 0 Å². The third kappa shape index (κ3) is 3.16. The molecule has 0 saturated heterocycles. The van der Waals surface area contributed by atoms with Crippen LogP contribution in [-0.4, -0.2) is 17.0 Å². The van der Waals surface area contributed by atoms with Crippen LogP contribution in [0.4, 0.5) is 13.2 Å². The van der Waals surface area contributed by atoms with Crippen LogP contribution in [0.1, 0.15) is 43.7 Å². The summed E-state index contributed by atoms with van der Waals surface area (Å²) in [5.74, 6) is 0.108. The van der Waals surface area contributed by atoms with Crippen molar-refractivity contribution >= 4 is 17.5 Å². The standard InChI is InChI=1S/C19H20ClF3NO/c20-18-8-11-6-13(9-18)15(14(7-11)10-18)16(12-4-2-1-3-5-12)24-17(25)19(21,22)23/h1-5,11,13,15-16H,6-10H2,(H,24,25)/t11-,13+,15+,16+,18+/m1/s1. The second kappa shape index (κ2) is 5.90. The molecule has 25 heavy (non-hydrogen) atoms. The summed E-state index contributed by atoms with van der Waals surface area (Å²) in [6, 6.07) is 8.37. The predicted octanol–water partition coefficient (Wildman–Crippen LogP) is 4.80. The number of benzene rings is 1. The molecule has 4 aliphatic carbocycles. The summed E-state index contributed by atoms with van der Waals surface area (Å²) in [4.78, 5) is 11.5. The molecular formula is C19H20ClF3NO. The first-order valence-electron chi connectivity index (χ1n) is 8.71. The van der Waals surface area contributed by atoms with Gasteiger partial charge in [-0.05, 0) is 61.3 Å². The third-order valence-corrected chi connectivity index (χ3v) is 6.50. The zero-order valence-electron chi connectivity index (χ0n) is 13.7. The van der Waals surface area contributed by atoms with Crippen molar-refractivity contribution < 1.29 is 18.0 Å². The summed E-state index contributed by atoms with van der Waals surface area (Å²) in [6.45, 7) is 0. The highest BCUT2D eigenvalue weighted by Crippen LogP contribution is 2.63. The Bertz CT molecular complexity index is 646. The number of amides is 1. The maximum absolute atomic E-state index is 12.9. The van der Waals surface area contributed by atoms with Crippen LogP contribution < -0.4 is 5.32 Å². The third-order valence-electron chi connectivity index (χ3n) is 6.05. The molecule has 4 fully saturated rings. The summed E-state index contributed by atoms with van der Waals surface area (Å²) in [6.07, 6.45) is -0.361. The molecule has 0 aliphatic heterocycles. The molecule has 0 unspecified atom stereocenters. The molecule has 1 aromatic carbocycles. The van der Waals surface area contributed by atoms with E-state index in [1.807, 2.05) is 6.07 Å². The Morgan fingerprint density at radius 1 is 1.24 bits per heavy atom. The van der Waals surface area contributed by atoms with Gasteiger partial charge in [-0.15, -0.1) is 11.6 Å². The number of hydrogen-bond donors (Lipinski definition) is 1. The van der Waals surface area contributed by atoms with Crippen molar-refractivity contribution in [3.05, 3.63) is 41.8 Å². The van der Waals surface area contributed by atoms with E-state index in [2.05, 4.69) is 5.32 Å². The molecule has 0 heterocycles. The molecule has 5 rings (SSSR count). The van der Waals surface area contributed by atoms with E-state index in [0.29, 0.717) is 5.92 Å². The fraction of sp³-hybridized carbons (Fsp3) is 0.579. The van der Waals surface area contributed by atoms with Gasteiger partial charge in [0.1, 0.15) is 0 Å². The number of nitrogens with one attached hydrogen (secondary N) is 1. The Morgan fingerprint density at radius 2 is 1.96 bits per heavy atom. The van der Waals surface area contributed by atoms with E-state index < -0.39 is 18.1 Å². The van der Waals surface area contributed by atoms with Crippen LogP contribution in [0, 0.1) is 23.7 Å². The van der Waals surface area contributed by atoms with Crippen molar-refractivity contribution in [2.75, 3.05) is 0 Å². The van der Waals surface area contributed by atoms with E-state index in [1.165, 1.54) is 5.92 Å². The summed E-state index contributed by atoms with van der Waals surface area (Å²) >= 11 is 6.74. The first kappa shape index (κ1) is 17.2. The number of carbonyl (C=O) groups excluding carboxylic acids is 1. The average molecular weight is 371 g/mol. The molecule has 1 aromatic rings. The van der Waals surface area contributed by atoms with Gasteiger partial charge in [-0.25, -0.2) is 0 Å². The van der Waals surface area contributed by atoms with Crippen LogP contribution in [0.2, 0.25) is 0 Å². The van der Waals surface area contributed by atoms with Gasteiger partial charge in [0.25, 0.3) is 0 Å². The van der Waals surface area contributed by atoms with E-state index in [4.69, 9.17) is 11.6 Å². The minimum absolute atomic E-state index is 0.0582. The maximum Gasteiger partial charge on any atom is 0.471 e. The van der Waals surface area contributed by atoms with Gasteiger partial charge in [0.05, 0.1) is 6.04 Å². The Labute approximate surface area is 150 Å². The SMILES string of the molecule is O=C(N[C@@H](c1ccccc1)[C@@H]1[C]2C[C@H]3C[C@H]1C[C@](Cl)(C2)C3)C(F)(F)F. The van der Waals surface area contributed by atoms with Crippen LogP contribution in [0.3, 0.4) is 0 Å². The van der Waals surface area contributed by atoms with Crippen molar-refractivity contribution in [2.24, 2.45) is 17.8 Å². The smallest absolute Gasteiger partial charge is 0.341 e. The molecule has 4 bridgehead atoms. The lowest BCUT2D eigenvalue weighted by atomic mass is 9.50. The van der Waals surface area contributed by atoms with Gasteiger partial charge in [0.15, 0.2) is 0 Å². The molecule has 0 aromatic heterocycles. The van der Waals surface area contributed by atoms with Gasteiger partial charge in [-0.2, -0.15) is 13.2 Å². The largest absolute Gasteiger partial charge is 0.471 e. The number of rotatable bonds is 3. The molecule has 4 saturated carbocycles. The van der Waals surface area contributed by atoms with Gasteiger partial charge in [0, 0.05) is 4.87 Å². The second-order valence-corrected chi connectivity index (χ2v) is 8.65. The lowest BCUT2D eigenvalue weighted by molar-refractivity contribution is -0.175. The summed E-state index contributed by atoms with van der Waals surface area (Å²) in [5.41, 5.74) is 0.730. The summed E-state index contributed by atoms with van der Waals surface area (Å²) < 4.78 is 38.6. The lowest BCUT2D eigenvalue weighted by Crippen LogP contribution is -2.55. The minimum atomic E-state index is -4.88. The number of alkyl halides is 4. The summed E-state index contributed by atoms with van der Waals surface area (Å²) in [5, 5.41) is 2.29. The van der Waals surface area contributed by atoms with Gasteiger partial charge < -0.3 is 5.32 Å². The number of carbonyl (C=O) groups is 1. The normalized spacial score (nSPS) is 35.6. The van der Waals surface area contributed by atoms with Crippen LogP contribution >= 0.6 is 11.6 Å². The molecule has 5 atom stereocenters. The fourth-order valence-corrected chi connectivity index (χ4v) is 6.04.